The van der Waals surface area contributed by atoms with E-state index in [1.165, 1.54) is 0 Å². The summed E-state index contributed by atoms with van der Waals surface area (Å²) in [6.45, 7) is 0. The number of nitrogens with two attached hydrogens (primary N) is 1. The minimum absolute atomic E-state index is 0.281. The molecule has 0 bridgehead atoms. The van der Waals surface area contributed by atoms with E-state index in [-0.39, 0.29) is 11.9 Å². The van der Waals surface area contributed by atoms with E-state index in [4.69, 9.17) is 5.73 Å². The Kier molecular flexibility index (Phi) is 2.91. The molecule has 0 fully saturated rings. The van der Waals surface area contributed by atoms with Crippen LogP contribution >= 0.6 is 0 Å². The predicted octanol–water partition coefficient (Wildman–Crippen LogP) is 0.919. The zero-order valence-corrected chi connectivity index (χ0v) is 8.90. The third-order valence-electron chi connectivity index (χ3n) is 2.16. The number of primary amides is 1. The summed E-state index contributed by atoms with van der Waals surface area (Å²) < 4.78 is 0.513. The number of amides is 1. The molecule has 2 N–H and O–H groups in total. The van der Waals surface area contributed by atoms with Crippen molar-refractivity contribution in [1.29, 1.82) is 0 Å². The van der Waals surface area contributed by atoms with Crippen LogP contribution in [0.25, 0.3) is 0 Å². The van der Waals surface area contributed by atoms with E-state index in [0.717, 1.165) is 5.56 Å². The highest BCUT2D eigenvalue weighted by Gasteiger charge is 2.30. The van der Waals surface area contributed by atoms with Gasteiger partial charge in [-0.1, -0.05) is 30.3 Å². The number of likely N-dealkylation sites (N-methyl/N-ethyl adjacent to an activating group) is 1. The van der Waals surface area contributed by atoms with E-state index in [1.54, 1.807) is 0 Å². The largest absolute Gasteiger partial charge is 0.364 e. The van der Waals surface area contributed by atoms with Gasteiger partial charge in [0.05, 0.1) is 21.1 Å². The molecule has 1 aromatic rings. The summed E-state index contributed by atoms with van der Waals surface area (Å²) in [7, 11) is 5.88. The third kappa shape index (κ3) is 2.33. The standard InChI is InChI=1S/C11H16N2O/c1-13(2,3)10(11(12)14)9-7-5-4-6-8-9/h4-8,10H,1-3H3,(H-,12,14)/p+1/t10-/m1/s1. The van der Waals surface area contributed by atoms with Gasteiger partial charge in [-0.3, -0.25) is 4.79 Å². The first-order valence-corrected chi connectivity index (χ1v) is 4.58. The summed E-state index contributed by atoms with van der Waals surface area (Å²) in [5.74, 6) is -0.288. The molecule has 0 aliphatic heterocycles. The minimum Gasteiger partial charge on any atom is -0.364 e. The van der Waals surface area contributed by atoms with Crippen molar-refractivity contribution < 1.29 is 9.28 Å². The Morgan fingerprint density at radius 3 is 2.07 bits per heavy atom. The molecule has 14 heavy (non-hydrogen) atoms. The van der Waals surface area contributed by atoms with E-state index < -0.39 is 0 Å². The van der Waals surface area contributed by atoms with Gasteiger partial charge in [0, 0.05) is 5.56 Å². The van der Waals surface area contributed by atoms with Gasteiger partial charge in [0.1, 0.15) is 0 Å². The summed E-state index contributed by atoms with van der Waals surface area (Å²) in [5.41, 5.74) is 6.37. The second-order valence-electron chi connectivity index (χ2n) is 4.33. The van der Waals surface area contributed by atoms with E-state index in [9.17, 15) is 4.79 Å². The third-order valence-corrected chi connectivity index (χ3v) is 2.16. The molecule has 0 radical (unpaired) electrons. The minimum atomic E-state index is -0.288. The van der Waals surface area contributed by atoms with Crippen molar-refractivity contribution >= 4 is 5.91 Å². The number of rotatable bonds is 3. The van der Waals surface area contributed by atoms with Crippen LogP contribution in [0.5, 0.6) is 0 Å². The molecule has 0 aromatic heterocycles. The number of benzene rings is 1. The summed E-state index contributed by atoms with van der Waals surface area (Å²) in [6, 6.07) is 9.34. The van der Waals surface area contributed by atoms with E-state index in [0.29, 0.717) is 4.48 Å². The lowest BCUT2D eigenvalue weighted by molar-refractivity contribution is -0.892. The second kappa shape index (κ2) is 3.80. The fraction of sp³-hybridized carbons (Fsp3) is 0.364. The molecule has 1 amide bonds. The Morgan fingerprint density at radius 2 is 1.71 bits per heavy atom. The molecule has 1 aromatic carbocycles. The van der Waals surface area contributed by atoms with Crippen molar-refractivity contribution in [3.8, 4) is 0 Å². The molecule has 76 valence electrons. The molecule has 3 heteroatoms. The summed E-state index contributed by atoms with van der Waals surface area (Å²) >= 11 is 0. The summed E-state index contributed by atoms with van der Waals surface area (Å²) in [6.07, 6.45) is 0. The van der Waals surface area contributed by atoms with Crippen LogP contribution in [-0.2, 0) is 4.79 Å². The van der Waals surface area contributed by atoms with Crippen molar-refractivity contribution in [1.82, 2.24) is 0 Å². The number of hydrogen-bond acceptors (Lipinski definition) is 1. The lowest BCUT2D eigenvalue weighted by atomic mass is 10.0. The Morgan fingerprint density at radius 1 is 1.21 bits per heavy atom. The monoisotopic (exact) mass is 193 g/mol. The second-order valence-corrected chi connectivity index (χ2v) is 4.33. The average molecular weight is 193 g/mol. The Balaban J connectivity index is 3.08. The topological polar surface area (TPSA) is 43.1 Å². The maximum absolute atomic E-state index is 11.4. The number of carbonyl (C=O) groups is 1. The molecule has 0 saturated heterocycles. The average Bonchev–Trinajstić information content (AvgIpc) is 2.02. The van der Waals surface area contributed by atoms with E-state index >= 15 is 0 Å². The van der Waals surface area contributed by atoms with Crippen LogP contribution in [0.3, 0.4) is 0 Å². The van der Waals surface area contributed by atoms with Crippen LogP contribution in [-0.4, -0.2) is 31.5 Å². The first-order valence-electron chi connectivity index (χ1n) is 4.58. The van der Waals surface area contributed by atoms with Gasteiger partial charge in [-0.2, -0.15) is 0 Å². The van der Waals surface area contributed by atoms with Gasteiger partial charge in [-0.05, 0) is 0 Å². The zero-order chi connectivity index (χ0) is 10.8. The Bertz CT molecular complexity index is 314. The van der Waals surface area contributed by atoms with Crippen LogP contribution in [0.1, 0.15) is 11.6 Å². The van der Waals surface area contributed by atoms with Crippen molar-refractivity contribution in [3.63, 3.8) is 0 Å². The first-order chi connectivity index (χ1) is 6.43. The summed E-state index contributed by atoms with van der Waals surface area (Å²) in [5, 5.41) is 0. The number of quaternary nitrogens is 1. The van der Waals surface area contributed by atoms with Crippen molar-refractivity contribution in [3.05, 3.63) is 35.9 Å². The highest BCUT2D eigenvalue weighted by molar-refractivity contribution is 5.80. The van der Waals surface area contributed by atoms with Gasteiger partial charge in [0.25, 0.3) is 5.91 Å². The molecule has 1 rings (SSSR count). The SMILES string of the molecule is C[N+](C)(C)[C@@H](C(N)=O)c1ccccc1. The molecule has 0 aliphatic rings. The lowest BCUT2D eigenvalue weighted by Gasteiger charge is -2.31. The van der Waals surface area contributed by atoms with Crippen LogP contribution in [0.2, 0.25) is 0 Å². The fourth-order valence-electron chi connectivity index (χ4n) is 1.63. The molecule has 0 saturated carbocycles. The first kappa shape index (κ1) is 10.7. The molecule has 0 spiro atoms. The molecular formula is C11H17N2O+. The van der Waals surface area contributed by atoms with E-state index in [1.807, 2.05) is 51.5 Å². The lowest BCUT2D eigenvalue weighted by Crippen LogP contribution is -2.45. The van der Waals surface area contributed by atoms with Crippen LogP contribution < -0.4 is 5.73 Å². The quantitative estimate of drug-likeness (QED) is 0.713. The number of nitrogens with zero attached hydrogens (tertiary/aromatic N) is 1. The van der Waals surface area contributed by atoms with Crippen LogP contribution in [0, 0.1) is 0 Å². The molecule has 0 aliphatic carbocycles. The molecule has 1 atom stereocenters. The van der Waals surface area contributed by atoms with Crippen molar-refractivity contribution in [2.75, 3.05) is 21.1 Å². The van der Waals surface area contributed by atoms with Gasteiger partial charge >= 0.3 is 0 Å². The maximum Gasteiger partial charge on any atom is 0.280 e. The smallest absolute Gasteiger partial charge is 0.280 e. The van der Waals surface area contributed by atoms with Crippen LogP contribution in [0.15, 0.2) is 30.3 Å². The molecule has 0 heterocycles. The molecule has 3 nitrogen and oxygen atoms in total. The van der Waals surface area contributed by atoms with Crippen molar-refractivity contribution in [2.45, 2.75) is 6.04 Å². The van der Waals surface area contributed by atoms with Gasteiger partial charge in [-0.15, -0.1) is 0 Å². The maximum atomic E-state index is 11.4. The van der Waals surface area contributed by atoms with Gasteiger partial charge in [-0.25, -0.2) is 0 Å². The van der Waals surface area contributed by atoms with Crippen LogP contribution in [0.4, 0.5) is 0 Å². The highest BCUT2D eigenvalue weighted by Crippen LogP contribution is 2.22. The fourth-order valence-corrected chi connectivity index (χ4v) is 1.63. The number of carbonyl (C=O) groups excluding carboxylic acids is 1. The number of hydrogen-bond donors (Lipinski definition) is 1. The highest BCUT2D eigenvalue weighted by atomic mass is 16.1. The van der Waals surface area contributed by atoms with Crippen molar-refractivity contribution in [2.24, 2.45) is 5.73 Å². The normalized spacial score (nSPS) is 13.6. The van der Waals surface area contributed by atoms with Gasteiger partial charge < -0.3 is 10.2 Å². The van der Waals surface area contributed by atoms with Gasteiger partial charge in [0.15, 0.2) is 6.04 Å². The Hall–Kier alpha value is -1.35. The predicted molar refractivity (Wildman–Crippen MR) is 56.4 cm³/mol. The molecular weight excluding hydrogens is 176 g/mol. The summed E-state index contributed by atoms with van der Waals surface area (Å²) in [4.78, 5) is 11.4. The Labute approximate surface area is 84.7 Å². The zero-order valence-electron chi connectivity index (χ0n) is 8.90. The molecule has 0 unspecified atom stereocenters. The van der Waals surface area contributed by atoms with E-state index in [2.05, 4.69) is 0 Å². The van der Waals surface area contributed by atoms with Gasteiger partial charge in [0.2, 0.25) is 0 Å².